The summed E-state index contributed by atoms with van der Waals surface area (Å²) in [5.74, 6) is -1.98. The molecule has 1 N–H and O–H groups in total. The minimum Gasteiger partial charge on any atom is -0.481 e. The van der Waals surface area contributed by atoms with E-state index in [1.165, 1.54) is 147 Å². The molecule has 234 valence electrons. The van der Waals surface area contributed by atoms with Crippen molar-refractivity contribution < 1.29 is 19.4 Å². The number of carbonyl (C=O) groups is 2. The third-order valence-corrected chi connectivity index (χ3v) is 7.94. The van der Waals surface area contributed by atoms with Gasteiger partial charge in [0, 0.05) is 0 Å². The van der Waals surface area contributed by atoms with E-state index in [4.69, 9.17) is 4.74 Å². The average Bonchev–Trinajstić information content (AvgIpc) is 2.94. The first-order chi connectivity index (χ1) is 19.6. The van der Waals surface area contributed by atoms with E-state index in [1.807, 2.05) is 0 Å². The van der Waals surface area contributed by atoms with E-state index < -0.39 is 17.9 Å². The monoisotopic (exact) mass is 562 g/mol. The number of esters is 1. The van der Waals surface area contributed by atoms with Gasteiger partial charge in [-0.25, -0.2) is 0 Å². The Bertz CT molecular complexity index is 598. The summed E-state index contributed by atoms with van der Waals surface area (Å²) in [6, 6.07) is 0. The number of rotatable bonds is 32. The van der Waals surface area contributed by atoms with Crippen LogP contribution < -0.4 is 0 Å². The van der Waals surface area contributed by atoms with Crippen LogP contribution in [-0.4, -0.2) is 23.7 Å². The first-order valence-electron chi connectivity index (χ1n) is 17.3. The normalized spacial score (nSPS) is 12.1. The van der Waals surface area contributed by atoms with Crippen LogP contribution in [0.3, 0.4) is 0 Å². The van der Waals surface area contributed by atoms with E-state index in [0.717, 1.165) is 19.3 Å². The Balaban J connectivity index is 3.32. The highest BCUT2D eigenvalue weighted by Gasteiger charge is 2.21. The van der Waals surface area contributed by atoms with Crippen molar-refractivity contribution >= 4 is 11.9 Å². The van der Waals surface area contributed by atoms with Crippen LogP contribution >= 0.6 is 0 Å². The first-order valence-corrected chi connectivity index (χ1v) is 17.3. The van der Waals surface area contributed by atoms with E-state index in [1.54, 1.807) is 0 Å². The molecule has 0 aliphatic heterocycles. The Morgan fingerprint density at radius 3 is 1.38 bits per heavy atom. The average molecular weight is 563 g/mol. The van der Waals surface area contributed by atoms with Crippen molar-refractivity contribution in [1.29, 1.82) is 0 Å². The van der Waals surface area contributed by atoms with Crippen LogP contribution in [0.15, 0.2) is 24.8 Å². The Morgan fingerprint density at radius 1 is 0.625 bits per heavy atom. The number of aliphatic carboxylic acids is 1. The number of carboxylic acids is 1. The molecule has 4 heteroatoms. The molecule has 0 saturated carbocycles. The third-order valence-electron chi connectivity index (χ3n) is 7.94. The van der Waals surface area contributed by atoms with Crippen LogP contribution in [0.1, 0.15) is 180 Å². The summed E-state index contributed by atoms with van der Waals surface area (Å²) in [6.45, 7) is 5.92. The lowest BCUT2D eigenvalue weighted by Gasteiger charge is -2.11. The van der Waals surface area contributed by atoms with Crippen molar-refractivity contribution in [3.05, 3.63) is 24.8 Å². The minimum atomic E-state index is -0.901. The quantitative estimate of drug-likeness (QED) is 0.0503. The van der Waals surface area contributed by atoms with E-state index in [-0.39, 0.29) is 13.0 Å². The van der Waals surface area contributed by atoms with Crippen molar-refractivity contribution in [3.63, 3.8) is 0 Å². The molecular weight excluding hydrogens is 496 g/mol. The van der Waals surface area contributed by atoms with E-state index in [2.05, 4.69) is 25.7 Å². The number of hydrogen-bond donors (Lipinski definition) is 1. The van der Waals surface area contributed by atoms with Crippen molar-refractivity contribution in [3.8, 4) is 0 Å². The molecule has 1 atom stereocenters. The van der Waals surface area contributed by atoms with Gasteiger partial charge in [-0.3, -0.25) is 9.59 Å². The molecule has 0 spiro atoms. The third kappa shape index (κ3) is 29.4. The molecule has 40 heavy (non-hydrogen) atoms. The van der Waals surface area contributed by atoms with E-state index >= 15 is 0 Å². The highest BCUT2D eigenvalue weighted by Crippen LogP contribution is 2.18. The summed E-state index contributed by atoms with van der Waals surface area (Å²) >= 11 is 0. The van der Waals surface area contributed by atoms with Crippen molar-refractivity contribution in [2.24, 2.45) is 5.92 Å². The second kappa shape index (κ2) is 31.9. The lowest BCUT2D eigenvalue weighted by Crippen LogP contribution is -2.19. The van der Waals surface area contributed by atoms with E-state index in [9.17, 15) is 14.7 Å². The minimum absolute atomic E-state index is 0.0420. The maximum absolute atomic E-state index is 11.6. The Kier molecular flexibility index (Phi) is 30.7. The van der Waals surface area contributed by atoms with Gasteiger partial charge < -0.3 is 9.84 Å². The first kappa shape index (κ1) is 38.4. The van der Waals surface area contributed by atoms with Crippen LogP contribution in [-0.2, 0) is 14.3 Å². The fraction of sp³-hybridized carbons (Fsp3) is 0.833. The number of carbonyl (C=O) groups excluding carboxylic acids is 1. The SMILES string of the molecule is C=CCOC(=O)CC(CCCCCCCCCCCCCCC/C=C/CCCCCCCCCCCC)C(=O)O. The molecule has 0 aromatic heterocycles. The van der Waals surface area contributed by atoms with Gasteiger partial charge in [0.25, 0.3) is 0 Å². The molecule has 0 aromatic rings. The standard InChI is InChI=1S/C36H66O4/c1-3-5-6-7-8-9-10-11-12-13-14-15-16-17-18-19-20-21-22-23-24-25-26-27-28-29-30-31-34(36(38)39)33-35(37)40-32-4-2/h4,15-16,34H,2-3,5-14,17-33H2,1H3,(H,38,39)/b16-15+. The van der Waals surface area contributed by atoms with Gasteiger partial charge in [-0.2, -0.15) is 0 Å². The predicted molar refractivity (Wildman–Crippen MR) is 172 cm³/mol. The molecular formula is C36H66O4. The molecule has 4 nitrogen and oxygen atoms in total. The van der Waals surface area contributed by atoms with E-state index in [0.29, 0.717) is 6.42 Å². The fourth-order valence-electron chi connectivity index (χ4n) is 5.31. The summed E-state index contributed by atoms with van der Waals surface area (Å²) < 4.78 is 4.91. The summed E-state index contributed by atoms with van der Waals surface area (Å²) in [7, 11) is 0. The lowest BCUT2D eigenvalue weighted by molar-refractivity contribution is -0.151. The zero-order valence-electron chi connectivity index (χ0n) is 26.5. The zero-order chi connectivity index (χ0) is 29.4. The molecule has 0 heterocycles. The lowest BCUT2D eigenvalue weighted by atomic mass is 9.97. The number of ether oxygens (including phenoxy) is 1. The zero-order valence-corrected chi connectivity index (χ0v) is 26.5. The molecule has 0 saturated heterocycles. The number of unbranched alkanes of at least 4 members (excludes halogenated alkanes) is 23. The summed E-state index contributed by atoms with van der Waals surface area (Å²) in [5.41, 5.74) is 0. The molecule has 0 aliphatic rings. The second-order valence-corrected chi connectivity index (χ2v) is 11.8. The van der Waals surface area contributed by atoms with Crippen LogP contribution in [0.5, 0.6) is 0 Å². The summed E-state index contributed by atoms with van der Waals surface area (Å²) in [6.07, 6.45) is 40.0. The van der Waals surface area contributed by atoms with Crippen LogP contribution in [0.2, 0.25) is 0 Å². The summed E-state index contributed by atoms with van der Waals surface area (Å²) in [5, 5.41) is 9.31. The highest BCUT2D eigenvalue weighted by molar-refractivity contribution is 5.78. The Hall–Kier alpha value is -1.58. The van der Waals surface area contributed by atoms with Crippen LogP contribution in [0.25, 0.3) is 0 Å². The molecule has 0 bridgehead atoms. The fourth-order valence-corrected chi connectivity index (χ4v) is 5.31. The van der Waals surface area contributed by atoms with Gasteiger partial charge >= 0.3 is 11.9 Å². The van der Waals surface area contributed by atoms with Gasteiger partial charge in [0.2, 0.25) is 0 Å². The molecule has 0 radical (unpaired) electrons. The predicted octanol–water partition coefficient (Wildman–Crippen LogP) is 11.5. The smallest absolute Gasteiger partial charge is 0.307 e. The van der Waals surface area contributed by atoms with Crippen molar-refractivity contribution in [2.45, 2.75) is 180 Å². The maximum atomic E-state index is 11.6. The van der Waals surface area contributed by atoms with Crippen LogP contribution in [0, 0.1) is 5.92 Å². The molecule has 1 unspecified atom stereocenters. The van der Waals surface area contributed by atoms with Crippen molar-refractivity contribution in [1.82, 2.24) is 0 Å². The number of allylic oxidation sites excluding steroid dienone is 2. The Labute approximate surface area is 248 Å². The largest absolute Gasteiger partial charge is 0.481 e. The topological polar surface area (TPSA) is 63.6 Å². The second-order valence-electron chi connectivity index (χ2n) is 11.8. The van der Waals surface area contributed by atoms with Crippen molar-refractivity contribution in [2.75, 3.05) is 6.61 Å². The van der Waals surface area contributed by atoms with Gasteiger partial charge in [0.05, 0.1) is 12.3 Å². The van der Waals surface area contributed by atoms with Gasteiger partial charge in [0.15, 0.2) is 0 Å². The molecule has 0 rings (SSSR count). The maximum Gasteiger partial charge on any atom is 0.307 e. The van der Waals surface area contributed by atoms with Crippen LogP contribution in [0.4, 0.5) is 0 Å². The molecule has 0 aromatic carbocycles. The highest BCUT2D eigenvalue weighted by atomic mass is 16.5. The molecule has 0 fully saturated rings. The number of hydrogen-bond acceptors (Lipinski definition) is 3. The van der Waals surface area contributed by atoms with Gasteiger partial charge in [-0.1, -0.05) is 167 Å². The summed E-state index contributed by atoms with van der Waals surface area (Å²) in [4.78, 5) is 23.0. The Morgan fingerprint density at radius 2 is 1.00 bits per heavy atom. The molecule has 0 aliphatic carbocycles. The molecule has 0 amide bonds. The number of carboxylic acid groups (broad SMARTS) is 1. The van der Waals surface area contributed by atoms with Gasteiger partial charge in [-0.05, 0) is 32.1 Å². The van der Waals surface area contributed by atoms with Gasteiger partial charge in [0.1, 0.15) is 6.61 Å². The van der Waals surface area contributed by atoms with Gasteiger partial charge in [-0.15, -0.1) is 0 Å².